The van der Waals surface area contributed by atoms with Crippen LogP contribution in [0.4, 0.5) is 0 Å². The number of hydrogen-bond acceptors (Lipinski definition) is 1. The summed E-state index contributed by atoms with van der Waals surface area (Å²) in [7, 11) is 0. The predicted octanol–water partition coefficient (Wildman–Crippen LogP) is 9.55. The van der Waals surface area contributed by atoms with Crippen LogP contribution in [0.15, 0.2) is 103 Å². The van der Waals surface area contributed by atoms with Crippen LogP contribution in [-0.2, 0) is 0 Å². The Hall–Kier alpha value is -4.36. The lowest BCUT2D eigenvalue weighted by atomic mass is 9.96. The zero-order valence-electron chi connectivity index (χ0n) is 19.4. The third kappa shape index (κ3) is 2.48. The fourth-order valence-electron chi connectivity index (χ4n) is 6.29. The lowest BCUT2D eigenvalue weighted by Crippen LogP contribution is -1.90. The molecule has 0 atom stereocenters. The Morgan fingerprint density at radius 3 is 1.71 bits per heavy atom. The second kappa shape index (κ2) is 6.84. The largest absolute Gasteiger partial charge is 0.494 e. The summed E-state index contributed by atoms with van der Waals surface area (Å²) in [6.07, 6.45) is 0. The molecule has 0 bridgehead atoms. The lowest BCUT2D eigenvalue weighted by Gasteiger charge is -2.09. The molecule has 8 aromatic carbocycles. The maximum absolute atomic E-state index is 5.70. The molecule has 1 nitrogen and oxygen atoms in total. The van der Waals surface area contributed by atoms with E-state index in [1.807, 2.05) is 6.92 Å². The minimum atomic E-state index is 0.678. The molecule has 0 N–H and O–H groups in total. The highest BCUT2D eigenvalue weighted by atomic mass is 16.5. The van der Waals surface area contributed by atoms with Crippen LogP contribution in [-0.4, -0.2) is 6.61 Å². The molecule has 0 aliphatic carbocycles. The van der Waals surface area contributed by atoms with Gasteiger partial charge in [-0.3, -0.25) is 0 Å². The van der Waals surface area contributed by atoms with E-state index in [2.05, 4.69) is 103 Å². The van der Waals surface area contributed by atoms with E-state index in [4.69, 9.17) is 4.74 Å². The summed E-state index contributed by atoms with van der Waals surface area (Å²) in [5.41, 5.74) is 2.50. The van der Waals surface area contributed by atoms with Gasteiger partial charge in [-0.05, 0) is 107 Å². The van der Waals surface area contributed by atoms with Gasteiger partial charge in [-0.2, -0.15) is 0 Å². The quantitative estimate of drug-likeness (QED) is 0.262. The molecule has 0 aliphatic heterocycles. The number of ether oxygens (including phenoxy) is 1. The van der Waals surface area contributed by atoms with Crippen molar-refractivity contribution in [1.82, 2.24) is 0 Å². The van der Waals surface area contributed by atoms with Crippen molar-refractivity contribution >= 4 is 64.6 Å². The van der Waals surface area contributed by atoms with Crippen molar-refractivity contribution in [3.8, 4) is 16.9 Å². The monoisotopic (exact) mass is 446 g/mol. The maximum atomic E-state index is 5.70. The Morgan fingerprint density at radius 1 is 0.486 bits per heavy atom. The second-order valence-electron chi connectivity index (χ2n) is 9.50. The minimum absolute atomic E-state index is 0.678. The highest BCUT2D eigenvalue weighted by molar-refractivity contribution is 6.38. The first-order chi connectivity index (χ1) is 17.3. The van der Waals surface area contributed by atoms with E-state index in [1.54, 1.807) is 0 Å². The van der Waals surface area contributed by atoms with Crippen molar-refractivity contribution in [3.05, 3.63) is 103 Å². The highest BCUT2D eigenvalue weighted by Crippen LogP contribution is 2.47. The van der Waals surface area contributed by atoms with Gasteiger partial charge in [0.1, 0.15) is 5.75 Å². The van der Waals surface area contributed by atoms with Crippen LogP contribution in [0, 0.1) is 0 Å². The first-order valence-electron chi connectivity index (χ1n) is 12.3. The Kier molecular flexibility index (Phi) is 3.71. The fraction of sp³-hybridized carbons (Fsp3) is 0.0588. The predicted molar refractivity (Wildman–Crippen MR) is 150 cm³/mol. The average molecular weight is 447 g/mol. The summed E-state index contributed by atoms with van der Waals surface area (Å²) in [5, 5.41) is 16.1. The van der Waals surface area contributed by atoms with Crippen LogP contribution in [0.2, 0.25) is 0 Å². The highest BCUT2D eigenvalue weighted by Gasteiger charge is 2.19. The minimum Gasteiger partial charge on any atom is -0.494 e. The van der Waals surface area contributed by atoms with Gasteiger partial charge in [0.25, 0.3) is 0 Å². The number of benzene rings is 6. The van der Waals surface area contributed by atoms with Gasteiger partial charge in [0.05, 0.1) is 6.61 Å². The molecule has 0 aliphatic rings. The van der Waals surface area contributed by atoms with E-state index in [9.17, 15) is 0 Å². The molecule has 8 aromatic rings. The van der Waals surface area contributed by atoms with Crippen LogP contribution >= 0.6 is 0 Å². The normalized spacial score (nSPS) is 12.3. The Labute approximate surface area is 202 Å². The second-order valence-corrected chi connectivity index (χ2v) is 9.50. The van der Waals surface area contributed by atoms with Crippen molar-refractivity contribution in [3.63, 3.8) is 0 Å². The molecule has 0 saturated carbocycles. The van der Waals surface area contributed by atoms with E-state index >= 15 is 0 Å². The Bertz CT molecular complexity index is 2040. The van der Waals surface area contributed by atoms with E-state index in [1.165, 1.54) is 75.8 Å². The SMILES string of the molecule is CCOc1ccc(-c2ccc3cccc4c5cc6c(cc5c2c34)c2cccc3cccc6c32)cc1. The van der Waals surface area contributed by atoms with E-state index in [0.29, 0.717) is 6.61 Å². The van der Waals surface area contributed by atoms with E-state index in [-0.39, 0.29) is 0 Å². The summed E-state index contributed by atoms with van der Waals surface area (Å²) < 4.78 is 5.70. The van der Waals surface area contributed by atoms with Gasteiger partial charge in [-0.15, -0.1) is 0 Å². The summed E-state index contributed by atoms with van der Waals surface area (Å²) in [6.45, 7) is 2.70. The van der Waals surface area contributed by atoms with Gasteiger partial charge in [-0.25, -0.2) is 0 Å². The average Bonchev–Trinajstić information content (AvgIpc) is 3.40. The zero-order valence-corrected chi connectivity index (χ0v) is 19.4. The van der Waals surface area contributed by atoms with Crippen molar-refractivity contribution in [2.45, 2.75) is 6.92 Å². The molecule has 0 amide bonds. The first kappa shape index (κ1) is 19.0. The number of rotatable bonds is 3. The molecule has 35 heavy (non-hydrogen) atoms. The summed E-state index contributed by atoms with van der Waals surface area (Å²) in [4.78, 5) is 0. The molecule has 0 spiro atoms. The lowest BCUT2D eigenvalue weighted by molar-refractivity contribution is 0.340. The van der Waals surface area contributed by atoms with E-state index < -0.39 is 0 Å². The standard InChI is InChI=1S/C34H22O/c1-2-35-23-15-12-20(13-16-23)24-17-14-22-8-5-11-27-30-18-28-25-9-3-6-21-7-4-10-26(32(21)25)29(28)19-31(30)34(24)33(22)27/h3-19H,2H2,1H3. The van der Waals surface area contributed by atoms with Gasteiger partial charge >= 0.3 is 0 Å². The van der Waals surface area contributed by atoms with Gasteiger partial charge in [0, 0.05) is 0 Å². The molecule has 0 radical (unpaired) electrons. The first-order valence-corrected chi connectivity index (χ1v) is 12.3. The molecule has 8 rings (SSSR count). The molecule has 0 heterocycles. The van der Waals surface area contributed by atoms with E-state index in [0.717, 1.165) is 5.75 Å². The van der Waals surface area contributed by atoms with Crippen LogP contribution in [0.5, 0.6) is 5.75 Å². The third-order valence-corrected chi connectivity index (χ3v) is 7.72. The summed E-state index contributed by atoms with van der Waals surface area (Å²) >= 11 is 0. The molecule has 1 heteroatoms. The van der Waals surface area contributed by atoms with Crippen LogP contribution in [0.25, 0.3) is 75.8 Å². The molecular weight excluding hydrogens is 424 g/mol. The van der Waals surface area contributed by atoms with Gasteiger partial charge in [-0.1, -0.05) is 78.9 Å². The van der Waals surface area contributed by atoms with Crippen molar-refractivity contribution < 1.29 is 4.74 Å². The molecule has 0 saturated heterocycles. The molecule has 0 unspecified atom stereocenters. The Morgan fingerprint density at radius 2 is 1.06 bits per heavy atom. The van der Waals surface area contributed by atoms with Crippen LogP contribution in [0.3, 0.4) is 0 Å². The van der Waals surface area contributed by atoms with Crippen LogP contribution < -0.4 is 4.74 Å². The maximum Gasteiger partial charge on any atom is 0.119 e. The van der Waals surface area contributed by atoms with Crippen molar-refractivity contribution in [2.24, 2.45) is 0 Å². The van der Waals surface area contributed by atoms with Gasteiger partial charge < -0.3 is 4.74 Å². The molecule has 0 aromatic heterocycles. The fourth-order valence-corrected chi connectivity index (χ4v) is 6.29. The third-order valence-electron chi connectivity index (χ3n) is 7.72. The molecule has 0 fully saturated rings. The number of hydrogen-bond donors (Lipinski definition) is 0. The zero-order chi connectivity index (χ0) is 23.1. The molecule has 164 valence electrons. The topological polar surface area (TPSA) is 9.23 Å². The van der Waals surface area contributed by atoms with Gasteiger partial charge in [0.15, 0.2) is 0 Å². The Balaban J connectivity index is 1.54. The van der Waals surface area contributed by atoms with Crippen molar-refractivity contribution in [1.29, 1.82) is 0 Å². The summed E-state index contributed by atoms with van der Waals surface area (Å²) in [6, 6.07) is 38.1. The van der Waals surface area contributed by atoms with Crippen LogP contribution in [0.1, 0.15) is 6.92 Å². The van der Waals surface area contributed by atoms with Crippen molar-refractivity contribution in [2.75, 3.05) is 6.61 Å². The smallest absolute Gasteiger partial charge is 0.119 e. The van der Waals surface area contributed by atoms with Gasteiger partial charge in [0.2, 0.25) is 0 Å². The summed E-state index contributed by atoms with van der Waals surface area (Å²) in [5.74, 6) is 0.915. The molecular formula is C34H22O. The number of fused-ring (bicyclic) bond motifs is 6.